The molecule has 10 heteroatoms. The monoisotopic (exact) mass is 497 g/mol. The van der Waals surface area contributed by atoms with Crippen molar-refractivity contribution in [3.05, 3.63) is 78.6 Å². The summed E-state index contributed by atoms with van der Waals surface area (Å²) in [7, 11) is 0. The second-order valence-corrected chi connectivity index (χ2v) is 7.92. The van der Waals surface area contributed by atoms with Crippen molar-refractivity contribution in [3.63, 3.8) is 0 Å². The molecule has 3 aromatic rings. The fourth-order valence-corrected chi connectivity index (χ4v) is 3.47. The molecule has 0 bridgehead atoms. The molecule has 0 fully saturated rings. The Balaban J connectivity index is 0.00000456. The molecule has 0 aliphatic rings. The Labute approximate surface area is 232 Å². The first-order chi connectivity index (χ1) is 17.0. The van der Waals surface area contributed by atoms with Crippen LogP contribution in [0.5, 0.6) is 0 Å². The van der Waals surface area contributed by atoms with Gasteiger partial charge < -0.3 is 25.9 Å². The number of unbranched alkanes of at least 4 members (excludes halogenated alkanes) is 1. The first-order valence-corrected chi connectivity index (χ1v) is 11.4. The molecule has 1 unspecified atom stereocenters. The third kappa shape index (κ3) is 10.2. The standard InChI is InChI=1S/C26H29N5O4.Na/c32-23(9-4-5-14-27-26-28-15-6-16-29-26)30-18-24(33)31-22(17-25(34)35)21-12-10-20(11-13-21)19-7-2-1-3-8-19;/h1-3,6-8,10-13,15-16,22H,4-5,9,14,17-18H2,(H,30,32)(H,31,33)(H,34,35)(H,27,28,29);/q;+1/p-1. The van der Waals surface area contributed by atoms with E-state index in [1.165, 1.54) is 0 Å². The molecule has 3 N–H and O–H groups in total. The summed E-state index contributed by atoms with van der Waals surface area (Å²) < 4.78 is 0. The average molecular weight is 498 g/mol. The van der Waals surface area contributed by atoms with Gasteiger partial charge in [0.2, 0.25) is 17.8 Å². The smallest absolute Gasteiger partial charge is 0.550 e. The van der Waals surface area contributed by atoms with Crippen LogP contribution in [0.1, 0.15) is 37.3 Å². The average Bonchev–Trinajstić information content (AvgIpc) is 2.88. The number of nitrogens with one attached hydrogen (secondary N) is 3. The fourth-order valence-electron chi connectivity index (χ4n) is 3.47. The van der Waals surface area contributed by atoms with Crippen molar-refractivity contribution in [3.8, 4) is 11.1 Å². The van der Waals surface area contributed by atoms with Gasteiger partial charge in [0.25, 0.3) is 0 Å². The molecule has 0 radical (unpaired) electrons. The molecule has 1 atom stereocenters. The predicted molar refractivity (Wildman–Crippen MR) is 130 cm³/mol. The normalized spacial score (nSPS) is 11.0. The molecule has 182 valence electrons. The number of hydrogen-bond acceptors (Lipinski definition) is 7. The number of aromatic nitrogens is 2. The number of carboxylic acids is 1. The van der Waals surface area contributed by atoms with Gasteiger partial charge in [0.05, 0.1) is 12.6 Å². The number of benzene rings is 2. The van der Waals surface area contributed by atoms with Gasteiger partial charge >= 0.3 is 29.6 Å². The zero-order valence-corrected chi connectivity index (χ0v) is 22.3. The maximum atomic E-state index is 12.4. The number of carboxylic acid groups (broad SMARTS) is 1. The molecule has 0 aliphatic carbocycles. The van der Waals surface area contributed by atoms with Crippen LogP contribution in [0.25, 0.3) is 11.1 Å². The Morgan fingerprint density at radius 1 is 0.833 bits per heavy atom. The first kappa shape index (κ1) is 29.0. The first-order valence-electron chi connectivity index (χ1n) is 11.4. The summed E-state index contributed by atoms with van der Waals surface area (Å²) in [4.78, 5) is 43.8. The number of carbonyl (C=O) groups excluding carboxylic acids is 3. The molecule has 1 aromatic heterocycles. The van der Waals surface area contributed by atoms with Gasteiger partial charge in [-0.1, -0.05) is 54.6 Å². The molecular weight excluding hydrogens is 469 g/mol. The summed E-state index contributed by atoms with van der Waals surface area (Å²) in [5.41, 5.74) is 2.65. The van der Waals surface area contributed by atoms with Crippen LogP contribution < -0.4 is 50.6 Å². The molecule has 2 aromatic carbocycles. The molecule has 2 amide bonds. The Kier molecular flexibility index (Phi) is 12.6. The number of carbonyl (C=O) groups is 3. The van der Waals surface area contributed by atoms with Crippen molar-refractivity contribution in [2.24, 2.45) is 0 Å². The van der Waals surface area contributed by atoms with E-state index in [0.717, 1.165) is 17.5 Å². The SMILES string of the molecule is O=C([O-])CC(NC(=O)CNC(=O)CCCCNc1ncccn1)c1ccc(-c2ccccc2)cc1.[Na+]. The van der Waals surface area contributed by atoms with Gasteiger partial charge in [0.15, 0.2) is 0 Å². The Hall–Kier alpha value is -3.27. The molecule has 0 saturated carbocycles. The second-order valence-electron chi connectivity index (χ2n) is 7.92. The number of nitrogens with zero attached hydrogens (tertiary/aromatic N) is 2. The Morgan fingerprint density at radius 3 is 2.17 bits per heavy atom. The predicted octanol–water partition coefficient (Wildman–Crippen LogP) is -1.16. The van der Waals surface area contributed by atoms with Crippen LogP contribution >= 0.6 is 0 Å². The number of hydrogen-bond donors (Lipinski definition) is 3. The Bertz CT molecular complexity index is 1100. The summed E-state index contributed by atoms with van der Waals surface area (Å²) in [6.07, 6.45) is 4.56. The number of aliphatic carboxylic acids is 1. The summed E-state index contributed by atoms with van der Waals surface area (Å²) in [6.45, 7) is 0.395. The van der Waals surface area contributed by atoms with Crippen LogP contribution in [0.2, 0.25) is 0 Å². The Morgan fingerprint density at radius 2 is 1.50 bits per heavy atom. The van der Waals surface area contributed by atoms with E-state index in [9.17, 15) is 19.5 Å². The third-order valence-electron chi connectivity index (χ3n) is 5.25. The van der Waals surface area contributed by atoms with Gasteiger partial charge in [0.1, 0.15) is 0 Å². The van der Waals surface area contributed by atoms with Gasteiger partial charge in [0, 0.05) is 37.7 Å². The number of anilines is 1. The van der Waals surface area contributed by atoms with Crippen LogP contribution in [-0.4, -0.2) is 40.8 Å². The minimum atomic E-state index is -1.28. The van der Waals surface area contributed by atoms with Gasteiger partial charge in [-0.25, -0.2) is 9.97 Å². The van der Waals surface area contributed by atoms with E-state index >= 15 is 0 Å². The zero-order chi connectivity index (χ0) is 24.9. The fraction of sp³-hybridized carbons (Fsp3) is 0.269. The molecule has 1 heterocycles. The van der Waals surface area contributed by atoms with Crippen LogP contribution in [0.3, 0.4) is 0 Å². The van der Waals surface area contributed by atoms with Crippen LogP contribution in [0, 0.1) is 0 Å². The van der Waals surface area contributed by atoms with E-state index in [4.69, 9.17) is 0 Å². The van der Waals surface area contributed by atoms with Crippen molar-refractivity contribution in [1.29, 1.82) is 0 Å². The molecule has 3 rings (SSSR count). The summed E-state index contributed by atoms with van der Waals surface area (Å²) in [5.74, 6) is -1.46. The molecular formula is C26H28N5NaO4. The van der Waals surface area contributed by atoms with Crippen molar-refractivity contribution in [2.75, 3.05) is 18.4 Å². The second kappa shape index (κ2) is 15.7. The van der Waals surface area contributed by atoms with Crippen LogP contribution in [0.15, 0.2) is 73.1 Å². The molecule has 9 nitrogen and oxygen atoms in total. The van der Waals surface area contributed by atoms with E-state index < -0.39 is 17.9 Å². The van der Waals surface area contributed by atoms with E-state index in [1.54, 1.807) is 30.6 Å². The number of amides is 2. The maximum absolute atomic E-state index is 12.4. The summed E-state index contributed by atoms with van der Waals surface area (Å²) in [6, 6.07) is 18.0. The zero-order valence-electron chi connectivity index (χ0n) is 20.3. The van der Waals surface area contributed by atoms with Crippen LogP contribution in [0.4, 0.5) is 5.95 Å². The van der Waals surface area contributed by atoms with Gasteiger partial charge in [-0.2, -0.15) is 0 Å². The third-order valence-corrected chi connectivity index (χ3v) is 5.25. The van der Waals surface area contributed by atoms with Crippen molar-refractivity contribution >= 4 is 23.7 Å². The molecule has 36 heavy (non-hydrogen) atoms. The van der Waals surface area contributed by atoms with E-state index in [0.29, 0.717) is 24.5 Å². The van der Waals surface area contributed by atoms with E-state index in [1.807, 2.05) is 42.5 Å². The van der Waals surface area contributed by atoms with Crippen molar-refractivity contribution in [2.45, 2.75) is 31.7 Å². The molecule has 0 saturated heterocycles. The van der Waals surface area contributed by atoms with E-state index in [-0.39, 0.29) is 54.9 Å². The van der Waals surface area contributed by atoms with Crippen molar-refractivity contribution < 1.29 is 49.0 Å². The minimum absolute atomic E-state index is 0. The van der Waals surface area contributed by atoms with Gasteiger partial charge in [-0.05, 0) is 35.6 Å². The van der Waals surface area contributed by atoms with Gasteiger partial charge in [-0.3, -0.25) is 9.59 Å². The maximum Gasteiger partial charge on any atom is 1.00 e. The molecule has 0 aliphatic heterocycles. The van der Waals surface area contributed by atoms with Crippen LogP contribution in [-0.2, 0) is 14.4 Å². The number of rotatable bonds is 13. The summed E-state index contributed by atoms with van der Waals surface area (Å²) in [5, 5.41) is 19.5. The quantitative estimate of drug-likeness (QED) is 0.200. The minimum Gasteiger partial charge on any atom is -0.550 e. The molecule has 0 spiro atoms. The van der Waals surface area contributed by atoms with Crippen molar-refractivity contribution in [1.82, 2.24) is 20.6 Å². The van der Waals surface area contributed by atoms with E-state index in [2.05, 4.69) is 25.9 Å². The van der Waals surface area contributed by atoms with Gasteiger partial charge in [-0.15, -0.1) is 0 Å². The largest absolute Gasteiger partial charge is 1.00 e. The topological polar surface area (TPSA) is 136 Å². The summed E-state index contributed by atoms with van der Waals surface area (Å²) >= 11 is 0.